The zero-order chi connectivity index (χ0) is 22.2. The Balaban J connectivity index is 1.99. The van der Waals surface area contributed by atoms with E-state index in [0.717, 1.165) is 11.8 Å². The number of halogens is 1. The number of pyridine rings is 1. The third kappa shape index (κ3) is 4.46. The van der Waals surface area contributed by atoms with Gasteiger partial charge >= 0.3 is 5.97 Å². The van der Waals surface area contributed by atoms with Crippen LogP contribution >= 0.6 is 0 Å². The minimum atomic E-state index is -1.22. The van der Waals surface area contributed by atoms with Crippen LogP contribution in [0.5, 0.6) is 0 Å². The lowest BCUT2D eigenvalue weighted by Crippen LogP contribution is -2.21. The summed E-state index contributed by atoms with van der Waals surface area (Å²) in [5.41, 5.74) is 0.391. The summed E-state index contributed by atoms with van der Waals surface area (Å²) < 4.78 is 15.1. The van der Waals surface area contributed by atoms with Gasteiger partial charge in [0.05, 0.1) is 28.1 Å². The Morgan fingerprint density at radius 2 is 1.93 bits per heavy atom. The maximum absolute atomic E-state index is 13.4. The van der Waals surface area contributed by atoms with Crippen LogP contribution in [0.1, 0.15) is 52.5 Å². The number of hydrogen-bond donors (Lipinski definition) is 3. The summed E-state index contributed by atoms with van der Waals surface area (Å²) in [6.07, 6.45) is 0.465. The largest absolute Gasteiger partial charge is 0.478 e. The smallest absolute Gasteiger partial charge is 0.337 e. The molecule has 0 fully saturated rings. The number of carboxylic acid groups (broad SMARTS) is 1. The molecule has 9 heteroatoms. The molecule has 1 aromatic carbocycles. The topological polar surface area (TPSA) is 117 Å². The lowest BCUT2D eigenvalue weighted by atomic mass is 10.1. The number of carboxylic acids is 1. The molecule has 0 bridgehead atoms. The molecule has 2 aromatic heterocycles. The number of amides is 1. The van der Waals surface area contributed by atoms with Crippen LogP contribution in [0.25, 0.3) is 10.9 Å². The first-order valence-electron chi connectivity index (χ1n) is 9.37. The van der Waals surface area contributed by atoms with E-state index in [-0.39, 0.29) is 22.6 Å². The number of benzene rings is 1. The predicted octanol–water partition coefficient (Wildman–Crippen LogP) is 3.30. The molecule has 0 atom stereocenters. The molecule has 0 aliphatic rings. The molecule has 8 nitrogen and oxygen atoms in total. The fraction of sp³-hybridized carbons (Fsp3) is 0.333. The highest BCUT2D eigenvalue weighted by molar-refractivity contribution is 6.09. The van der Waals surface area contributed by atoms with Gasteiger partial charge in [-0.05, 0) is 58.4 Å². The van der Waals surface area contributed by atoms with Crippen LogP contribution in [-0.2, 0) is 6.54 Å². The van der Waals surface area contributed by atoms with Crippen molar-refractivity contribution in [3.05, 3.63) is 52.7 Å². The Bertz CT molecular complexity index is 1150. The van der Waals surface area contributed by atoms with Crippen LogP contribution in [0, 0.1) is 19.7 Å². The first-order chi connectivity index (χ1) is 14.0. The van der Waals surface area contributed by atoms with Gasteiger partial charge in [-0.15, -0.1) is 0 Å². The van der Waals surface area contributed by atoms with E-state index in [4.69, 9.17) is 0 Å². The average Bonchev–Trinajstić information content (AvgIpc) is 2.96. The average molecular weight is 414 g/mol. The Hall–Kier alpha value is -3.33. The second-order valence-corrected chi connectivity index (χ2v) is 7.81. The number of nitrogens with one attached hydrogen (secondary N) is 1. The van der Waals surface area contributed by atoms with Crippen molar-refractivity contribution in [2.24, 2.45) is 0 Å². The van der Waals surface area contributed by atoms with E-state index in [1.807, 2.05) is 6.92 Å². The molecule has 3 aromatic rings. The van der Waals surface area contributed by atoms with Crippen LogP contribution in [0.4, 0.5) is 10.1 Å². The van der Waals surface area contributed by atoms with Crippen molar-refractivity contribution >= 4 is 28.5 Å². The Labute approximate surface area is 172 Å². The number of aromatic carboxylic acids is 1. The number of carbonyl (C=O) groups is 2. The van der Waals surface area contributed by atoms with Gasteiger partial charge in [-0.3, -0.25) is 9.48 Å². The van der Waals surface area contributed by atoms with E-state index >= 15 is 0 Å². The van der Waals surface area contributed by atoms with Gasteiger partial charge in [0, 0.05) is 17.6 Å². The maximum atomic E-state index is 13.4. The van der Waals surface area contributed by atoms with Crippen molar-refractivity contribution in [3.8, 4) is 0 Å². The molecule has 0 saturated heterocycles. The normalized spacial score (nSPS) is 11.7. The third-order valence-corrected chi connectivity index (χ3v) is 4.81. The molecular weight excluding hydrogens is 391 g/mol. The van der Waals surface area contributed by atoms with Crippen molar-refractivity contribution in [1.82, 2.24) is 14.8 Å². The number of aromatic nitrogens is 3. The predicted molar refractivity (Wildman–Crippen MR) is 109 cm³/mol. The summed E-state index contributed by atoms with van der Waals surface area (Å²) in [6.45, 7) is 7.12. The summed E-state index contributed by atoms with van der Waals surface area (Å²) in [4.78, 5) is 28.2. The summed E-state index contributed by atoms with van der Waals surface area (Å²) in [5, 5.41) is 27.2. The summed E-state index contributed by atoms with van der Waals surface area (Å²) in [5.74, 6) is -2.40. The van der Waals surface area contributed by atoms with Crippen molar-refractivity contribution in [3.63, 3.8) is 0 Å². The van der Waals surface area contributed by atoms with Crippen LogP contribution < -0.4 is 5.32 Å². The van der Waals surface area contributed by atoms with Crippen LogP contribution in [0.3, 0.4) is 0 Å². The van der Waals surface area contributed by atoms with Gasteiger partial charge in [0.1, 0.15) is 11.5 Å². The van der Waals surface area contributed by atoms with E-state index in [1.54, 1.807) is 24.6 Å². The second kappa shape index (κ2) is 7.83. The molecule has 0 spiro atoms. The van der Waals surface area contributed by atoms with Crippen molar-refractivity contribution < 1.29 is 24.2 Å². The first-order valence-corrected chi connectivity index (χ1v) is 9.37. The van der Waals surface area contributed by atoms with Gasteiger partial charge in [-0.1, -0.05) is 0 Å². The molecule has 158 valence electrons. The Kier molecular flexibility index (Phi) is 5.58. The molecule has 3 rings (SSSR count). The van der Waals surface area contributed by atoms with Gasteiger partial charge in [0.25, 0.3) is 5.91 Å². The fourth-order valence-corrected chi connectivity index (χ4v) is 3.04. The Morgan fingerprint density at radius 3 is 2.53 bits per heavy atom. The highest BCUT2D eigenvalue weighted by atomic mass is 19.1. The number of aliphatic hydroxyl groups is 1. The number of aryl methyl sites for hydroxylation is 3. The molecule has 1 amide bonds. The summed E-state index contributed by atoms with van der Waals surface area (Å²) in [6, 6.07) is 5.31. The monoisotopic (exact) mass is 414 g/mol. The van der Waals surface area contributed by atoms with E-state index in [0.29, 0.717) is 23.9 Å². The molecule has 2 heterocycles. The van der Waals surface area contributed by atoms with E-state index in [2.05, 4.69) is 15.4 Å². The summed E-state index contributed by atoms with van der Waals surface area (Å²) in [7, 11) is 0. The van der Waals surface area contributed by atoms with Gasteiger partial charge in [0.15, 0.2) is 0 Å². The molecule has 0 saturated carbocycles. The standard InChI is InChI=1S/C21H23FN4O4/c1-11-15(22)5-6-16(23-11)19(27)24-17-9-13-12(2)26(8-7-21(3,4)30)25-18(13)10-14(17)20(28)29/h5-6,9-10,30H,7-8H2,1-4H3,(H,24,27)(H,28,29). The van der Waals surface area contributed by atoms with Gasteiger partial charge in [-0.25, -0.2) is 14.2 Å². The number of carbonyl (C=O) groups excluding carboxylic acids is 1. The van der Waals surface area contributed by atoms with Crippen molar-refractivity contribution in [2.75, 3.05) is 5.32 Å². The van der Waals surface area contributed by atoms with E-state index in [1.165, 1.54) is 19.1 Å². The number of hydrogen-bond acceptors (Lipinski definition) is 5. The first kappa shape index (κ1) is 21.4. The number of nitrogens with zero attached hydrogens (tertiary/aromatic N) is 3. The lowest BCUT2D eigenvalue weighted by Gasteiger charge is -2.17. The van der Waals surface area contributed by atoms with E-state index < -0.39 is 23.3 Å². The van der Waals surface area contributed by atoms with Crippen LogP contribution in [0.2, 0.25) is 0 Å². The van der Waals surface area contributed by atoms with Gasteiger partial charge in [-0.2, -0.15) is 5.10 Å². The van der Waals surface area contributed by atoms with Crippen LogP contribution in [0.15, 0.2) is 24.3 Å². The zero-order valence-electron chi connectivity index (χ0n) is 17.2. The van der Waals surface area contributed by atoms with Gasteiger partial charge < -0.3 is 15.5 Å². The quantitative estimate of drug-likeness (QED) is 0.570. The molecule has 0 radical (unpaired) electrons. The molecular formula is C21H23FN4O4. The zero-order valence-corrected chi connectivity index (χ0v) is 17.2. The lowest BCUT2D eigenvalue weighted by molar-refractivity contribution is 0.0649. The van der Waals surface area contributed by atoms with Crippen molar-refractivity contribution in [2.45, 2.75) is 46.3 Å². The van der Waals surface area contributed by atoms with Gasteiger partial charge in [0.2, 0.25) is 0 Å². The number of rotatable bonds is 6. The highest BCUT2D eigenvalue weighted by Crippen LogP contribution is 2.27. The second-order valence-electron chi connectivity index (χ2n) is 7.81. The molecule has 0 unspecified atom stereocenters. The highest BCUT2D eigenvalue weighted by Gasteiger charge is 2.20. The molecule has 0 aliphatic carbocycles. The SMILES string of the molecule is Cc1nc(C(=O)Nc2cc3c(C)n(CCC(C)(C)O)nc3cc2C(=O)O)ccc1F. The third-order valence-electron chi connectivity index (χ3n) is 4.81. The summed E-state index contributed by atoms with van der Waals surface area (Å²) >= 11 is 0. The maximum Gasteiger partial charge on any atom is 0.337 e. The Morgan fingerprint density at radius 1 is 1.23 bits per heavy atom. The fourth-order valence-electron chi connectivity index (χ4n) is 3.04. The molecule has 0 aliphatic heterocycles. The molecule has 30 heavy (non-hydrogen) atoms. The minimum absolute atomic E-state index is 0.0251. The number of anilines is 1. The molecule has 3 N–H and O–H groups in total. The number of fused-ring (bicyclic) bond motifs is 1. The van der Waals surface area contributed by atoms with Crippen molar-refractivity contribution in [1.29, 1.82) is 0 Å². The minimum Gasteiger partial charge on any atom is -0.478 e. The van der Waals surface area contributed by atoms with E-state index in [9.17, 15) is 24.2 Å². The van der Waals surface area contributed by atoms with Crippen LogP contribution in [-0.4, -0.2) is 42.5 Å².